The highest BCUT2D eigenvalue weighted by atomic mass is 16.5. The highest BCUT2D eigenvalue weighted by Crippen LogP contribution is 2.22. The molecule has 0 saturated carbocycles. The SMILES string of the molecule is CCC(NC(=O)[C@H](CC(C)C)NC(=O)NCc1ccc(C(=O)OC)cc1)C(O)C(=O)NCc1cc(OC)cc(OC)c1. The predicted molar refractivity (Wildman–Crippen MR) is 156 cm³/mol. The van der Waals surface area contributed by atoms with Gasteiger partial charge in [0.1, 0.15) is 17.5 Å². The van der Waals surface area contributed by atoms with E-state index < -0.39 is 42.0 Å². The van der Waals surface area contributed by atoms with Crippen LogP contribution in [-0.4, -0.2) is 68.4 Å². The summed E-state index contributed by atoms with van der Waals surface area (Å²) < 4.78 is 15.2. The Morgan fingerprint density at radius 1 is 0.810 bits per heavy atom. The van der Waals surface area contributed by atoms with Gasteiger partial charge in [-0.25, -0.2) is 9.59 Å². The minimum absolute atomic E-state index is 0.0695. The molecule has 42 heavy (non-hydrogen) atoms. The number of esters is 1. The van der Waals surface area contributed by atoms with Crippen LogP contribution in [0.25, 0.3) is 0 Å². The number of hydrogen-bond acceptors (Lipinski definition) is 8. The number of aliphatic hydroxyl groups is 1. The zero-order chi connectivity index (χ0) is 31.2. The average molecular weight is 587 g/mol. The van der Waals surface area contributed by atoms with E-state index in [0.29, 0.717) is 29.0 Å². The van der Waals surface area contributed by atoms with E-state index in [9.17, 15) is 24.3 Å². The fourth-order valence-corrected chi connectivity index (χ4v) is 4.10. The molecule has 0 spiro atoms. The fraction of sp³-hybridized carbons (Fsp3) is 0.467. The van der Waals surface area contributed by atoms with Crippen molar-refractivity contribution in [3.63, 3.8) is 0 Å². The number of carbonyl (C=O) groups is 4. The number of methoxy groups -OCH3 is 3. The van der Waals surface area contributed by atoms with E-state index in [2.05, 4.69) is 26.0 Å². The molecule has 0 bridgehead atoms. The maximum Gasteiger partial charge on any atom is 0.337 e. The second-order valence-corrected chi connectivity index (χ2v) is 10.1. The van der Waals surface area contributed by atoms with Crippen LogP contribution < -0.4 is 30.7 Å². The first kappa shape index (κ1) is 33.9. The molecule has 0 aromatic heterocycles. The number of amides is 4. The molecule has 0 aliphatic rings. The number of carbonyl (C=O) groups excluding carboxylic acids is 4. The number of ether oxygens (including phenoxy) is 3. The molecule has 12 nitrogen and oxygen atoms in total. The van der Waals surface area contributed by atoms with Gasteiger partial charge in [-0.2, -0.15) is 0 Å². The summed E-state index contributed by atoms with van der Waals surface area (Å²) in [5, 5.41) is 21.5. The second kappa shape index (κ2) is 16.8. The van der Waals surface area contributed by atoms with Gasteiger partial charge in [0.2, 0.25) is 5.91 Å². The quantitative estimate of drug-likeness (QED) is 0.198. The predicted octanol–water partition coefficient (Wildman–Crippen LogP) is 2.28. The van der Waals surface area contributed by atoms with Crippen LogP contribution in [0.2, 0.25) is 0 Å². The molecule has 0 radical (unpaired) electrons. The van der Waals surface area contributed by atoms with Gasteiger partial charge in [-0.05, 0) is 54.2 Å². The number of rotatable bonds is 15. The zero-order valence-electron chi connectivity index (χ0n) is 25.0. The van der Waals surface area contributed by atoms with Gasteiger partial charge in [0.15, 0.2) is 6.10 Å². The van der Waals surface area contributed by atoms with E-state index in [1.54, 1.807) is 49.4 Å². The Bertz CT molecular complexity index is 1180. The van der Waals surface area contributed by atoms with Crippen LogP contribution in [0.3, 0.4) is 0 Å². The van der Waals surface area contributed by atoms with E-state index in [0.717, 1.165) is 5.56 Å². The van der Waals surface area contributed by atoms with E-state index in [-0.39, 0.29) is 25.4 Å². The average Bonchev–Trinajstić information content (AvgIpc) is 2.99. The summed E-state index contributed by atoms with van der Waals surface area (Å²) in [5.41, 5.74) is 1.84. The molecular formula is C30H42N4O8. The first-order valence-electron chi connectivity index (χ1n) is 13.7. The molecule has 0 fully saturated rings. The topological polar surface area (TPSA) is 164 Å². The maximum atomic E-state index is 13.2. The lowest BCUT2D eigenvalue weighted by Gasteiger charge is -2.26. The molecule has 0 aliphatic carbocycles. The van der Waals surface area contributed by atoms with Gasteiger partial charge in [-0.15, -0.1) is 0 Å². The smallest absolute Gasteiger partial charge is 0.337 e. The van der Waals surface area contributed by atoms with Gasteiger partial charge in [-0.3, -0.25) is 9.59 Å². The van der Waals surface area contributed by atoms with Crippen LogP contribution in [0.1, 0.15) is 55.1 Å². The Hall–Kier alpha value is -4.32. The molecule has 2 aromatic carbocycles. The van der Waals surface area contributed by atoms with Crippen LogP contribution in [0.4, 0.5) is 4.79 Å². The molecule has 3 atom stereocenters. The van der Waals surface area contributed by atoms with Crippen molar-refractivity contribution < 1.29 is 38.5 Å². The molecule has 2 rings (SSSR count). The van der Waals surface area contributed by atoms with Crippen molar-refractivity contribution in [2.75, 3.05) is 21.3 Å². The van der Waals surface area contributed by atoms with Crippen LogP contribution in [-0.2, 0) is 27.4 Å². The molecule has 2 unspecified atom stereocenters. The van der Waals surface area contributed by atoms with Gasteiger partial charge < -0.3 is 40.6 Å². The summed E-state index contributed by atoms with van der Waals surface area (Å²) in [6, 6.07) is 9.39. The molecule has 12 heteroatoms. The Kier molecular flexibility index (Phi) is 13.6. The van der Waals surface area contributed by atoms with Crippen molar-refractivity contribution in [1.29, 1.82) is 0 Å². The summed E-state index contributed by atoms with van der Waals surface area (Å²) in [7, 11) is 4.34. The van der Waals surface area contributed by atoms with Crippen molar-refractivity contribution in [3.8, 4) is 11.5 Å². The lowest BCUT2D eigenvalue weighted by molar-refractivity contribution is -0.132. The van der Waals surface area contributed by atoms with Crippen LogP contribution >= 0.6 is 0 Å². The number of benzene rings is 2. The lowest BCUT2D eigenvalue weighted by Crippen LogP contribution is -2.56. The number of urea groups is 1. The maximum absolute atomic E-state index is 13.2. The summed E-state index contributed by atoms with van der Waals surface area (Å²) in [6.07, 6.45) is -0.910. The molecule has 0 aliphatic heterocycles. The highest BCUT2D eigenvalue weighted by Gasteiger charge is 2.30. The van der Waals surface area contributed by atoms with Gasteiger partial charge in [0.05, 0.1) is 32.9 Å². The highest BCUT2D eigenvalue weighted by molar-refractivity contribution is 5.89. The monoisotopic (exact) mass is 586 g/mol. The Morgan fingerprint density at radius 2 is 1.40 bits per heavy atom. The lowest BCUT2D eigenvalue weighted by atomic mass is 10.0. The molecule has 230 valence electrons. The van der Waals surface area contributed by atoms with E-state index in [1.165, 1.54) is 21.3 Å². The molecule has 2 aromatic rings. The number of hydrogen-bond donors (Lipinski definition) is 5. The third-order valence-corrected chi connectivity index (χ3v) is 6.45. The number of aliphatic hydroxyl groups excluding tert-OH is 1. The summed E-state index contributed by atoms with van der Waals surface area (Å²) in [5.74, 6) is -0.449. The third-order valence-electron chi connectivity index (χ3n) is 6.45. The summed E-state index contributed by atoms with van der Waals surface area (Å²) >= 11 is 0. The Morgan fingerprint density at radius 3 is 1.93 bits per heavy atom. The van der Waals surface area contributed by atoms with Crippen LogP contribution in [0, 0.1) is 5.92 Å². The first-order chi connectivity index (χ1) is 20.0. The van der Waals surface area contributed by atoms with E-state index in [1.807, 2.05) is 13.8 Å². The van der Waals surface area contributed by atoms with Crippen molar-refractivity contribution in [3.05, 3.63) is 59.2 Å². The van der Waals surface area contributed by atoms with Gasteiger partial charge >= 0.3 is 12.0 Å². The Balaban J connectivity index is 1.97. The molecule has 5 N–H and O–H groups in total. The fourth-order valence-electron chi connectivity index (χ4n) is 4.10. The summed E-state index contributed by atoms with van der Waals surface area (Å²) in [4.78, 5) is 50.1. The van der Waals surface area contributed by atoms with Crippen molar-refractivity contribution in [2.24, 2.45) is 5.92 Å². The second-order valence-electron chi connectivity index (χ2n) is 10.1. The van der Waals surface area contributed by atoms with Crippen molar-refractivity contribution in [1.82, 2.24) is 21.3 Å². The summed E-state index contributed by atoms with van der Waals surface area (Å²) in [6.45, 7) is 5.83. The molecular weight excluding hydrogens is 544 g/mol. The molecule has 0 saturated heterocycles. The van der Waals surface area contributed by atoms with Gasteiger partial charge in [-0.1, -0.05) is 32.9 Å². The van der Waals surface area contributed by atoms with Gasteiger partial charge in [0.25, 0.3) is 5.91 Å². The zero-order valence-corrected chi connectivity index (χ0v) is 25.0. The van der Waals surface area contributed by atoms with E-state index in [4.69, 9.17) is 9.47 Å². The van der Waals surface area contributed by atoms with Crippen LogP contribution in [0.15, 0.2) is 42.5 Å². The molecule has 0 heterocycles. The van der Waals surface area contributed by atoms with E-state index >= 15 is 0 Å². The minimum Gasteiger partial charge on any atom is -0.497 e. The Labute approximate surface area is 246 Å². The van der Waals surface area contributed by atoms with Crippen LogP contribution in [0.5, 0.6) is 11.5 Å². The minimum atomic E-state index is -1.52. The normalized spacial score (nSPS) is 12.9. The third kappa shape index (κ3) is 10.6. The van der Waals surface area contributed by atoms with Gasteiger partial charge in [0, 0.05) is 19.2 Å². The number of nitrogens with one attached hydrogen (secondary N) is 4. The first-order valence-corrected chi connectivity index (χ1v) is 13.7. The standard InChI is InChI=1S/C30H42N4O8/c1-7-24(26(35)28(37)31-17-20-13-22(40-4)15-23(14-20)41-5)33-27(36)25(12-18(2)3)34-30(39)32-16-19-8-10-21(11-9-19)29(38)42-6/h8-11,13-15,18,24-26,35H,7,12,16-17H2,1-6H3,(H,31,37)(H,33,36)(H2,32,34,39)/t24?,25-,26?/m0/s1. The largest absolute Gasteiger partial charge is 0.497 e. The molecule has 4 amide bonds. The van der Waals surface area contributed by atoms with Crippen molar-refractivity contribution in [2.45, 2.75) is 64.9 Å². The van der Waals surface area contributed by atoms with Crippen molar-refractivity contribution >= 4 is 23.8 Å².